The quantitative estimate of drug-likeness (QED) is 0.539. The Morgan fingerprint density at radius 3 is 3.00 bits per heavy atom. The average molecular weight is 192 g/mol. The molecule has 0 heterocycles. The van der Waals surface area contributed by atoms with Gasteiger partial charge < -0.3 is 4.79 Å². The maximum Gasteiger partial charge on any atom is 0.123 e. The minimum atomic E-state index is 0.490. The third-order valence-electron chi connectivity index (χ3n) is 1.64. The molecule has 1 aromatic rings. The van der Waals surface area contributed by atoms with Crippen LogP contribution in [-0.2, 0) is 4.79 Å². The highest BCUT2D eigenvalue weighted by Gasteiger charge is 1.89. The lowest BCUT2D eigenvalue weighted by Gasteiger charge is -1.96. The van der Waals surface area contributed by atoms with E-state index in [0.29, 0.717) is 6.42 Å². The van der Waals surface area contributed by atoms with Gasteiger partial charge in [0.2, 0.25) is 0 Å². The Bertz CT molecular complexity index is 305. The number of benzene rings is 1. The summed E-state index contributed by atoms with van der Waals surface area (Å²) in [6.07, 6.45) is 7.27. The van der Waals surface area contributed by atoms with E-state index in [4.69, 9.17) is 0 Å². The van der Waals surface area contributed by atoms with Crippen LogP contribution in [-0.4, -0.2) is 12.5 Å². The van der Waals surface area contributed by atoms with Crippen molar-refractivity contribution in [3.05, 3.63) is 35.9 Å². The number of hydrogen-bond donors (Lipinski definition) is 0. The van der Waals surface area contributed by atoms with Gasteiger partial charge in [-0.1, -0.05) is 24.3 Å². The van der Waals surface area contributed by atoms with Crippen LogP contribution in [0.5, 0.6) is 0 Å². The zero-order chi connectivity index (χ0) is 9.52. The van der Waals surface area contributed by atoms with Gasteiger partial charge in [0, 0.05) is 11.3 Å². The second-order valence-electron chi connectivity index (χ2n) is 2.58. The van der Waals surface area contributed by atoms with Gasteiger partial charge in [0.25, 0.3) is 0 Å². The Balaban J connectivity index is 2.71. The lowest BCUT2D eigenvalue weighted by Crippen LogP contribution is -1.74. The number of carbonyl (C=O) groups is 1. The molecule has 0 aromatic heterocycles. The van der Waals surface area contributed by atoms with E-state index in [-0.39, 0.29) is 0 Å². The molecule has 0 saturated carbocycles. The molecule has 1 rings (SSSR count). The van der Waals surface area contributed by atoms with Crippen LogP contribution in [0.3, 0.4) is 0 Å². The summed E-state index contributed by atoms with van der Waals surface area (Å²) in [5.74, 6) is 0. The Morgan fingerprint density at radius 1 is 1.46 bits per heavy atom. The van der Waals surface area contributed by atoms with E-state index < -0.39 is 0 Å². The van der Waals surface area contributed by atoms with Crippen molar-refractivity contribution >= 4 is 24.1 Å². The molecule has 2 heteroatoms. The van der Waals surface area contributed by atoms with Crippen molar-refractivity contribution in [2.45, 2.75) is 11.3 Å². The average Bonchev–Trinajstić information content (AvgIpc) is 2.19. The highest BCUT2D eigenvalue weighted by Crippen LogP contribution is 2.16. The Kier molecular flexibility index (Phi) is 4.33. The van der Waals surface area contributed by atoms with Gasteiger partial charge >= 0.3 is 0 Å². The molecule has 0 bridgehead atoms. The van der Waals surface area contributed by atoms with E-state index in [0.717, 1.165) is 11.8 Å². The van der Waals surface area contributed by atoms with Gasteiger partial charge in [-0.05, 0) is 24.0 Å². The normalized spacial score (nSPS) is 10.5. The fraction of sp³-hybridized carbons (Fsp3) is 0.182. The van der Waals surface area contributed by atoms with Gasteiger partial charge in [-0.2, -0.15) is 0 Å². The molecule has 1 nitrogen and oxygen atoms in total. The zero-order valence-corrected chi connectivity index (χ0v) is 8.38. The summed E-state index contributed by atoms with van der Waals surface area (Å²) in [4.78, 5) is 11.3. The summed E-state index contributed by atoms with van der Waals surface area (Å²) in [5.41, 5.74) is 1.15. The minimum absolute atomic E-state index is 0.490. The first-order valence-electron chi connectivity index (χ1n) is 4.11. The molecule has 0 atom stereocenters. The first-order valence-corrected chi connectivity index (χ1v) is 5.33. The summed E-state index contributed by atoms with van der Waals surface area (Å²) in [6, 6.07) is 8.22. The summed E-state index contributed by atoms with van der Waals surface area (Å²) in [6.45, 7) is 0. The van der Waals surface area contributed by atoms with Crippen LogP contribution in [0.1, 0.15) is 12.0 Å². The van der Waals surface area contributed by atoms with E-state index in [1.807, 2.05) is 30.5 Å². The number of thioether (sulfide) groups is 1. The molecule has 0 aliphatic heterocycles. The van der Waals surface area contributed by atoms with Crippen LogP contribution in [0.25, 0.3) is 6.08 Å². The van der Waals surface area contributed by atoms with Crippen LogP contribution in [0, 0.1) is 0 Å². The number of rotatable bonds is 4. The lowest BCUT2D eigenvalue weighted by atomic mass is 10.2. The van der Waals surface area contributed by atoms with E-state index in [2.05, 4.69) is 12.1 Å². The maximum absolute atomic E-state index is 10.1. The zero-order valence-electron chi connectivity index (χ0n) is 7.57. The standard InChI is InChI=1S/C11H12OS/c1-13-11-7-4-6-10(9-11)5-2-3-8-12/h2,4-9H,3H2,1H3. The molecular weight excluding hydrogens is 180 g/mol. The largest absolute Gasteiger partial charge is 0.303 e. The van der Waals surface area contributed by atoms with Crippen LogP contribution in [0.4, 0.5) is 0 Å². The Labute approximate surface area is 82.9 Å². The highest BCUT2D eigenvalue weighted by atomic mass is 32.2. The fourth-order valence-electron chi connectivity index (χ4n) is 1.00. The number of carbonyl (C=O) groups excluding carboxylic acids is 1. The molecule has 0 fully saturated rings. The van der Waals surface area contributed by atoms with E-state index in [1.54, 1.807) is 11.8 Å². The van der Waals surface area contributed by atoms with Crippen molar-refractivity contribution in [1.29, 1.82) is 0 Å². The predicted octanol–water partition coefficient (Wildman–Crippen LogP) is 3.01. The number of allylic oxidation sites excluding steroid dienone is 1. The first kappa shape index (κ1) is 10.1. The molecule has 0 aliphatic rings. The van der Waals surface area contributed by atoms with Crippen molar-refractivity contribution in [1.82, 2.24) is 0 Å². The second kappa shape index (κ2) is 5.60. The SMILES string of the molecule is CSc1cccc(C=CCC=O)c1. The van der Waals surface area contributed by atoms with Crippen LogP contribution < -0.4 is 0 Å². The van der Waals surface area contributed by atoms with Crippen molar-refractivity contribution in [2.24, 2.45) is 0 Å². The molecule has 0 N–H and O–H groups in total. The first-order chi connectivity index (χ1) is 6.36. The lowest BCUT2D eigenvalue weighted by molar-refractivity contribution is -0.107. The van der Waals surface area contributed by atoms with Crippen molar-refractivity contribution in [3.63, 3.8) is 0 Å². The molecule has 0 amide bonds. The van der Waals surface area contributed by atoms with Gasteiger partial charge in [0.05, 0.1) is 0 Å². The van der Waals surface area contributed by atoms with Gasteiger partial charge in [0.15, 0.2) is 0 Å². The number of hydrogen-bond acceptors (Lipinski definition) is 2. The monoisotopic (exact) mass is 192 g/mol. The summed E-state index contributed by atoms with van der Waals surface area (Å²) < 4.78 is 0. The van der Waals surface area contributed by atoms with Gasteiger partial charge in [-0.25, -0.2) is 0 Å². The van der Waals surface area contributed by atoms with Crippen molar-refractivity contribution in [2.75, 3.05) is 6.26 Å². The van der Waals surface area contributed by atoms with Crippen LogP contribution in [0.2, 0.25) is 0 Å². The molecule has 0 aliphatic carbocycles. The van der Waals surface area contributed by atoms with Crippen molar-refractivity contribution in [3.8, 4) is 0 Å². The minimum Gasteiger partial charge on any atom is -0.303 e. The van der Waals surface area contributed by atoms with E-state index >= 15 is 0 Å². The van der Waals surface area contributed by atoms with Gasteiger partial charge in [0.1, 0.15) is 6.29 Å². The van der Waals surface area contributed by atoms with Gasteiger partial charge in [-0.15, -0.1) is 11.8 Å². The van der Waals surface area contributed by atoms with E-state index in [9.17, 15) is 4.79 Å². The smallest absolute Gasteiger partial charge is 0.123 e. The molecule has 1 aromatic carbocycles. The van der Waals surface area contributed by atoms with Crippen LogP contribution in [0.15, 0.2) is 35.2 Å². The second-order valence-corrected chi connectivity index (χ2v) is 3.46. The predicted molar refractivity (Wildman–Crippen MR) is 57.9 cm³/mol. The molecule has 68 valence electrons. The summed E-state index contributed by atoms with van der Waals surface area (Å²) in [7, 11) is 0. The molecule has 0 saturated heterocycles. The third kappa shape index (κ3) is 3.47. The Morgan fingerprint density at radius 2 is 2.31 bits per heavy atom. The topological polar surface area (TPSA) is 17.1 Å². The molecule has 0 unspecified atom stereocenters. The van der Waals surface area contributed by atoms with Crippen LogP contribution >= 0.6 is 11.8 Å². The van der Waals surface area contributed by atoms with Crippen molar-refractivity contribution < 1.29 is 4.79 Å². The summed E-state index contributed by atoms with van der Waals surface area (Å²) >= 11 is 1.72. The summed E-state index contributed by atoms with van der Waals surface area (Å²) in [5, 5.41) is 0. The Hall–Kier alpha value is -1.02. The molecule has 0 spiro atoms. The maximum atomic E-state index is 10.1. The fourth-order valence-corrected chi connectivity index (χ4v) is 1.47. The molecule has 13 heavy (non-hydrogen) atoms. The van der Waals surface area contributed by atoms with Gasteiger partial charge in [-0.3, -0.25) is 0 Å². The third-order valence-corrected chi connectivity index (χ3v) is 2.36. The molecule has 0 radical (unpaired) electrons. The molecular formula is C11H12OS. The van der Waals surface area contributed by atoms with E-state index in [1.165, 1.54) is 4.90 Å². The highest BCUT2D eigenvalue weighted by molar-refractivity contribution is 7.98. The number of aldehydes is 1.